The van der Waals surface area contributed by atoms with Crippen molar-refractivity contribution in [3.8, 4) is 0 Å². The number of nitrogens with one attached hydrogen (secondary N) is 1. The van der Waals surface area contributed by atoms with Crippen LogP contribution in [0.1, 0.15) is 23.4 Å². The molecule has 0 spiro atoms. The molecule has 1 atom stereocenters. The van der Waals surface area contributed by atoms with Crippen molar-refractivity contribution >= 4 is 17.5 Å². The summed E-state index contributed by atoms with van der Waals surface area (Å²) in [6, 6.07) is 7.92. The SMILES string of the molecule is CC(=O)NCC(Cl)c1ccccc1C. The van der Waals surface area contributed by atoms with Crippen molar-refractivity contribution in [3.05, 3.63) is 35.4 Å². The fraction of sp³-hybridized carbons (Fsp3) is 0.364. The predicted octanol–water partition coefficient (Wildman–Crippen LogP) is 2.41. The lowest BCUT2D eigenvalue weighted by molar-refractivity contribution is -0.118. The second kappa shape index (κ2) is 5.01. The molecule has 1 unspecified atom stereocenters. The van der Waals surface area contributed by atoms with Gasteiger partial charge in [-0.2, -0.15) is 0 Å². The van der Waals surface area contributed by atoms with Gasteiger partial charge in [0, 0.05) is 13.5 Å². The third-order valence-electron chi connectivity index (χ3n) is 2.06. The van der Waals surface area contributed by atoms with E-state index in [2.05, 4.69) is 5.32 Å². The minimum Gasteiger partial charge on any atom is -0.355 e. The van der Waals surface area contributed by atoms with Crippen molar-refractivity contribution in [2.75, 3.05) is 6.54 Å². The van der Waals surface area contributed by atoms with E-state index in [1.807, 2.05) is 31.2 Å². The van der Waals surface area contributed by atoms with Gasteiger partial charge in [0.15, 0.2) is 0 Å². The average molecular weight is 212 g/mol. The Kier molecular flexibility index (Phi) is 3.96. The summed E-state index contributed by atoms with van der Waals surface area (Å²) in [4.78, 5) is 10.7. The second-order valence-electron chi connectivity index (χ2n) is 3.26. The van der Waals surface area contributed by atoms with Crippen molar-refractivity contribution in [2.45, 2.75) is 19.2 Å². The highest BCUT2D eigenvalue weighted by atomic mass is 35.5. The topological polar surface area (TPSA) is 29.1 Å². The highest BCUT2D eigenvalue weighted by Crippen LogP contribution is 2.22. The number of benzene rings is 1. The number of hydrogen-bond acceptors (Lipinski definition) is 1. The van der Waals surface area contributed by atoms with E-state index in [9.17, 15) is 4.79 Å². The molecule has 0 aliphatic rings. The Morgan fingerprint density at radius 2 is 2.14 bits per heavy atom. The molecule has 0 saturated carbocycles. The minimum atomic E-state index is -0.153. The molecule has 2 nitrogen and oxygen atoms in total. The van der Waals surface area contributed by atoms with E-state index in [0.29, 0.717) is 6.54 Å². The van der Waals surface area contributed by atoms with Gasteiger partial charge in [-0.25, -0.2) is 0 Å². The standard InChI is InChI=1S/C11H14ClNO/c1-8-5-3-4-6-10(8)11(12)7-13-9(2)14/h3-6,11H,7H2,1-2H3,(H,13,14). The average Bonchev–Trinajstić information content (AvgIpc) is 2.15. The lowest BCUT2D eigenvalue weighted by Crippen LogP contribution is -2.24. The summed E-state index contributed by atoms with van der Waals surface area (Å²) >= 11 is 6.14. The number of alkyl halides is 1. The molecule has 0 aliphatic heterocycles. The van der Waals surface area contributed by atoms with Gasteiger partial charge in [0.1, 0.15) is 0 Å². The van der Waals surface area contributed by atoms with E-state index < -0.39 is 0 Å². The van der Waals surface area contributed by atoms with E-state index in [-0.39, 0.29) is 11.3 Å². The Morgan fingerprint density at radius 1 is 1.50 bits per heavy atom. The lowest BCUT2D eigenvalue weighted by atomic mass is 10.1. The molecule has 0 aromatic heterocycles. The highest BCUT2D eigenvalue weighted by molar-refractivity contribution is 6.21. The lowest BCUT2D eigenvalue weighted by Gasteiger charge is -2.12. The molecule has 14 heavy (non-hydrogen) atoms. The third-order valence-corrected chi connectivity index (χ3v) is 2.45. The number of hydrogen-bond donors (Lipinski definition) is 1. The van der Waals surface area contributed by atoms with Gasteiger partial charge in [0.25, 0.3) is 0 Å². The summed E-state index contributed by atoms with van der Waals surface area (Å²) in [6.07, 6.45) is 0. The summed E-state index contributed by atoms with van der Waals surface area (Å²) in [6.45, 7) is 3.97. The van der Waals surface area contributed by atoms with Crippen LogP contribution < -0.4 is 5.32 Å². The van der Waals surface area contributed by atoms with Gasteiger partial charge in [0.2, 0.25) is 5.91 Å². The van der Waals surface area contributed by atoms with Crippen molar-refractivity contribution in [3.63, 3.8) is 0 Å². The second-order valence-corrected chi connectivity index (χ2v) is 3.79. The highest BCUT2D eigenvalue weighted by Gasteiger charge is 2.09. The fourth-order valence-corrected chi connectivity index (χ4v) is 1.60. The van der Waals surface area contributed by atoms with Crippen LogP contribution in [0, 0.1) is 6.92 Å². The maximum absolute atomic E-state index is 10.7. The molecule has 0 saturated heterocycles. The maximum atomic E-state index is 10.7. The first-order valence-electron chi connectivity index (χ1n) is 4.55. The zero-order chi connectivity index (χ0) is 10.6. The Labute approximate surface area is 89.3 Å². The number of amides is 1. The smallest absolute Gasteiger partial charge is 0.216 e. The van der Waals surface area contributed by atoms with Gasteiger partial charge in [0.05, 0.1) is 5.38 Å². The predicted molar refractivity (Wildman–Crippen MR) is 58.5 cm³/mol. The normalized spacial score (nSPS) is 12.2. The van der Waals surface area contributed by atoms with Gasteiger partial charge in [-0.3, -0.25) is 4.79 Å². The molecule has 0 heterocycles. The first-order valence-corrected chi connectivity index (χ1v) is 4.99. The third kappa shape index (κ3) is 3.04. The number of carbonyl (C=O) groups excluding carboxylic acids is 1. The van der Waals surface area contributed by atoms with E-state index in [4.69, 9.17) is 11.6 Å². The van der Waals surface area contributed by atoms with Crippen LogP contribution in [0.15, 0.2) is 24.3 Å². The number of carbonyl (C=O) groups is 1. The van der Waals surface area contributed by atoms with Crippen LogP contribution in [-0.4, -0.2) is 12.5 Å². The van der Waals surface area contributed by atoms with Crippen LogP contribution in [-0.2, 0) is 4.79 Å². The molecule has 0 aliphatic carbocycles. The Balaban J connectivity index is 2.65. The number of rotatable bonds is 3. The van der Waals surface area contributed by atoms with Crippen molar-refractivity contribution in [1.82, 2.24) is 5.32 Å². The van der Waals surface area contributed by atoms with E-state index >= 15 is 0 Å². The molecule has 3 heteroatoms. The summed E-state index contributed by atoms with van der Waals surface area (Å²) < 4.78 is 0. The molecule has 0 fully saturated rings. The molecule has 1 aromatic rings. The van der Waals surface area contributed by atoms with Crippen LogP contribution in [0.3, 0.4) is 0 Å². The summed E-state index contributed by atoms with van der Waals surface area (Å²) in [5.74, 6) is -0.0516. The first kappa shape index (κ1) is 11.1. The summed E-state index contributed by atoms with van der Waals surface area (Å²) in [5, 5.41) is 2.55. The van der Waals surface area contributed by atoms with Crippen LogP contribution in [0.4, 0.5) is 0 Å². The zero-order valence-corrected chi connectivity index (χ0v) is 9.14. The van der Waals surface area contributed by atoms with Crippen LogP contribution in [0.25, 0.3) is 0 Å². The van der Waals surface area contributed by atoms with E-state index in [0.717, 1.165) is 11.1 Å². The van der Waals surface area contributed by atoms with Crippen molar-refractivity contribution in [1.29, 1.82) is 0 Å². The number of aryl methyl sites for hydroxylation is 1. The van der Waals surface area contributed by atoms with Crippen LogP contribution in [0.2, 0.25) is 0 Å². The van der Waals surface area contributed by atoms with Crippen molar-refractivity contribution < 1.29 is 4.79 Å². The zero-order valence-electron chi connectivity index (χ0n) is 8.38. The number of halogens is 1. The molecule has 0 bridgehead atoms. The molecule has 1 amide bonds. The maximum Gasteiger partial charge on any atom is 0.216 e. The molecule has 1 aromatic carbocycles. The van der Waals surface area contributed by atoms with Crippen LogP contribution in [0.5, 0.6) is 0 Å². The molecule has 76 valence electrons. The summed E-state index contributed by atoms with van der Waals surface area (Å²) in [7, 11) is 0. The first-order chi connectivity index (χ1) is 6.61. The Morgan fingerprint density at radius 3 is 2.71 bits per heavy atom. The van der Waals surface area contributed by atoms with Crippen LogP contribution >= 0.6 is 11.6 Å². The van der Waals surface area contributed by atoms with Gasteiger partial charge in [-0.15, -0.1) is 11.6 Å². The molecule has 1 N–H and O–H groups in total. The van der Waals surface area contributed by atoms with E-state index in [1.54, 1.807) is 0 Å². The van der Waals surface area contributed by atoms with Crippen molar-refractivity contribution in [2.24, 2.45) is 0 Å². The van der Waals surface area contributed by atoms with Gasteiger partial charge in [-0.1, -0.05) is 24.3 Å². The van der Waals surface area contributed by atoms with Gasteiger partial charge >= 0.3 is 0 Å². The molecule has 0 radical (unpaired) electrons. The Hall–Kier alpha value is -1.02. The summed E-state index contributed by atoms with van der Waals surface area (Å²) in [5.41, 5.74) is 2.22. The monoisotopic (exact) mass is 211 g/mol. The largest absolute Gasteiger partial charge is 0.355 e. The molecular weight excluding hydrogens is 198 g/mol. The van der Waals surface area contributed by atoms with Gasteiger partial charge < -0.3 is 5.32 Å². The minimum absolute atomic E-state index is 0.0516. The molecule has 1 rings (SSSR count). The molecular formula is C11H14ClNO. The Bertz CT molecular complexity index is 325. The fourth-order valence-electron chi connectivity index (χ4n) is 1.28. The quantitative estimate of drug-likeness (QED) is 0.765. The van der Waals surface area contributed by atoms with E-state index in [1.165, 1.54) is 6.92 Å². The van der Waals surface area contributed by atoms with Gasteiger partial charge in [-0.05, 0) is 18.1 Å².